The number of hydrogen-bond acceptors (Lipinski definition) is 4. The van der Waals surface area contributed by atoms with Crippen molar-refractivity contribution in [2.45, 2.75) is 58.8 Å². The summed E-state index contributed by atoms with van der Waals surface area (Å²) in [7, 11) is 0. The van der Waals surface area contributed by atoms with Gasteiger partial charge in [0.05, 0.1) is 35.9 Å². The quantitative estimate of drug-likeness (QED) is 0.525. The van der Waals surface area contributed by atoms with Crippen molar-refractivity contribution in [1.82, 2.24) is 14.5 Å². The average molecular weight is 436 g/mol. The van der Waals surface area contributed by atoms with E-state index in [0.29, 0.717) is 11.5 Å². The molecule has 5 rings (SSSR count). The summed E-state index contributed by atoms with van der Waals surface area (Å²) in [6, 6.07) is 17.7. The lowest BCUT2D eigenvalue weighted by Crippen LogP contribution is -2.43. The van der Waals surface area contributed by atoms with Crippen LogP contribution < -0.4 is 4.90 Å². The molecule has 1 aliphatic carbocycles. The minimum absolute atomic E-state index is 0. The molecule has 0 atom stereocenters. The number of fused-ring (bicyclic) bond motifs is 2. The zero-order chi connectivity index (χ0) is 20.7. The summed E-state index contributed by atoms with van der Waals surface area (Å²) >= 11 is 0. The third kappa shape index (κ3) is 4.42. The zero-order valence-corrected chi connectivity index (χ0v) is 19.1. The Balaban J connectivity index is 0.00000231. The van der Waals surface area contributed by atoms with Gasteiger partial charge in [0.2, 0.25) is 0 Å². The number of benzene rings is 2. The van der Waals surface area contributed by atoms with Gasteiger partial charge in [0, 0.05) is 24.8 Å². The first-order valence-electron chi connectivity index (χ1n) is 11.1. The van der Waals surface area contributed by atoms with Gasteiger partial charge in [-0.3, -0.25) is 4.90 Å². The van der Waals surface area contributed by atoms with Crippen molar-refractivity contribution in [3.05, 3.63) is 59.4 Å². The van der Waals surface area contributed by atoms with Crippen molar-refractivity contribution >= 4 is 29.1 Å². The number of halogens is 1. The number of para-hydroxylation sites is 1. The lowest BCUT2D eigenvalue weighted by atomic mass is 10.1. The molecule has 0 unspecified atom stereocenters. The standard InChI is InChI=1S/C25H29N5.ClH/c1-18(2)11-12-30-24-10-7-19(14-26)13-22(24)27-25(30)16-29-17-28(21-8-9-21)15-20-5-3-4-6-23(20)29;/h3-7,10,13,18,21H,8-9,11-12,15-17H2,1-2H3;1H. The molecule has 0 bridgehead atoms. The smallest absolute Gasteiger partial charge is 0.129 e. The molecule has 1 fully saturated rings. The minimum Gasteiger partial charge on any atom is -0.351 e. The molecule has 2 aliphatic rings. The maximum Gasteiger partial charge on any atom is 0.129 e. The van der Waals surface area contributed by atoms with Gasteiger partial charge in [-0.15, -0.1) is 12.4 Å². The molecule has 0 N–H and O–H groups in total. The molecule has 0 amide bonds. The summed E-state index contributed by atoms with van der Waals surface area (Å²) in [5, 5.41) is 9.31. The Morgan fingerprint density at radius 2 is 1.97 bits per heavy atom. The van der Waals surface area contributed by atoms with Crippen LogP contribution in [0.1, 0.15) is 50.1 Å². The molecule has 0 radical (unpaired) electrons. The Hall–Kier alpha value is -2.55. The van der Waals surface area contributed by atoms with Crippen LogP contribution in [0.25, 0.3) is 11.0 Å². The van der Waals surface area contributed by atoms with E-state index in [1.165, 1.54) is 24.1 Å². The zero-order valence-electron chi connectivity index (χ0n) is 18.3. The summed E-state index contributed by atoms with van der Waals surface area (Å²) < 4.78 is 2.37. The van der Waals surface area contributed by atoms with Crippen LogP contribution >= 0.6 is 12.4 Å². The fraction of sp³-hybridized carbons (Fsp3) is 0.440. The minimum atomic E-state index is 0. The molecule has 0 spiro atoms. The number of imidazole rings is 1. The third-order valence-electron chi connectivity index (χ3n) is 6.34. The van der Waals surface area contributed by atoms with E-state index in [-0.39, 0.29) is 12.4 Å². The number of nitriles is 1. The average Bonchev–Trinajstić information content (AvgIpc) is 3.54. The number of rotatable bonds is 6. The Morgan fingerprint density at radius 1 is 1.16 bits per heavy atom. The molecular weight excluding hydrogens is 406 g/mol. The first kappa shape index (κ1) is 21.7. The molecule has 31 heavy (non-hydrogen) atoms. The summed E-state index contributed by atoms with van der Waals surface area (Å²) in [4.78, 5) is 10.1. The SMILES string of the molecule is CC(C)CCn1c(CN2CN(C3CC3)Cc3ccccc32)nc2cc(C#N)ccc21.Cl. The predicted octanol–water partition coefficient (Wildman–Crippen LogP) is 5.32. The number of nitrogens with zero attached hydrogens (tertiary/aromatic N) is 5. The second kappa shape index (κ2) is 8.90. The molecule has 2 heterocycles. The van der Waals surface area contributed by atoms with Crippen molar-refractivity contribution < 1.29 is 0 Å². The van der Waals surface area contributed by atoms with Crippen molar-refractivity contribution in [2.75, 3.05) is 11.6 Å². The van der Waals surface area contributed by atoms with Gasteiger partial charge in [-0.1, -0.05) is 32.0 Å². The van der Waals surface area contributed by atoms with E-state index in [9.17, 15) is 5.26 Å². The largest absolute Gasteiger partial charge is 0.351 e. The lowest BCUT2D eigenvalue weighted by Gasteiger charge is -2.38. The van der Waals surface area contributed by atoms with Crippen LogP contribution in [0.2, 0.25) is 0 Å². The van der Waals surface area contributed by atoms with Crippen LogP contribution in [0.15, 0.2) is 42.5 Å². The van der Waals surface area contributed by atoms with Crippen molar-refractivity contribution in [2.24, 2.45) is 5.92 Å². The van der Waals surface area contributed by atoms with Crippen molar-refractivity contribution in [1.29, 1.82) is 5.26 Å². The van der Waals surface area contributed by atoms with Gasteiger partial charge in [-0.25, -0.2) is 4.98 Å². The van der Waals surface area contributed by atoms with Gasteiger partial charge in [-0.05, 0) is 55.0 Å². The number of aromatic nitrogens is 2. The highest BCUT2D eigenvalue weighted by Crippen LogP contribution is 2.35. The molecule has 2 aromatic carbocycles. The van der Waals surface area contributed by atoms with E-state index < -0.39 is 0 Å². The highest BCUT2D eigenvalue weighted by atomic mass is 35.5. The molecule has 0 saturated heterocycles. The topological polar surface area (TPSA) is 48.1 Å². The maximum absolute atomic E-state index is 9.31. The third-order valence-corrected chi connectivity index (χ3v) is 6.34. The van der Waals surface area contributed by atoms with Crippen LogP contribution in [0, 0.1) is 17.2 Å². The van der Waals surface area contributed by atoms with Gasteiger partial charge in [0.1, 0.15) is 5.82 Å². The van der Waals surface area contributed by atoms with E-state index in [4.69, 9.17) is 4.98 Å². The van der Waals surface area contributed by atoms with E-state index in [0.717, 1.165) is 55.6 Å². The lowest BCUT2D eigenvalue weighted by molar-refractivity contribution is 0.239. The molecule has 1 aliphatic heterocycles. The van der Waals surface area contributed by atoms with Gasteiger partial charge in [-0.2, -0.15) is 5.26 Å². The molecule has 5 nitrogen and oxygen atoms in total. The van der Waals surface area contributed by atoms with Crippen LogP contribution in [-0.4, -0.2) is 27.2 Å². The molecule has 1 aromatic heterocycles. The van der Waals surface area contributed by atoms with Crippen molar-refractivity contribution in [3.8, 4) is 6.07 Å². The Kier molecular flexibility index (Phi) is 6.22. The molecule has 162 valence electrons. The van der Waals surface area contributed by atoms with Gasteiger partial charge in [0.15, 0.2) is 0 Å². The van der Waals surface area contributed by atoms with Gasteiger partial charge in [0.25, 0.3) is 0 Å². The molecular formula is C25H30ClN5. The number of hydrogen-bond donors (Lipinski definition) is 0. The van der Waals surface area contributed by atoms with E-state index in [1.807, 2.05) is 12.1 Å². The normalized spacial score (nSPS) is 16.3. The van der Waals surface area contributed by atoms with E-state index in [2.05, 4.69) is 64.6 Å². The fourth-order valence-electron chi connectivity index (χ4n) is 4.51. The van der Waals surface area contributed by atoms with Gasteiger partial charge >= 0.3 is 0 Å². The van der Waals surface area contributed by atoms with Crippen LogP contribution in [0.4, 0.5) is 5.69 Å². The highest BCUT2D eigenvalue weighted by Gasteiger charge is 2.34. The summed E-state index contributed by atoms with van der Waals surface area (Å²) in [5.41, 5.74) is 5.47. The van der Waals surface area contributed by atoms with Crippen LogP contribution in [0.5, 0.6) is 0 Å². The maximum atomic E-state index is 9.31. The predicted molar refractivity (Wildman–Crippen MR) is 127 cm³/mol. The Labute approximate surface area is 190 Å². The molecule has 3 aromatic rings. The fourth-order valence-corrected chi connectivity index (χ4v) is 4.51. The summed E-state index contributed by atoms with van der Waals surface area (Å²) in [5.74, 6) is 1.72. The number of aryl methyl sites for hydroxylation is 1. The summed E-state index contributed by atoms with van der Waals surface area (Å²) in [6.45, 7) is 8.28. The highest BCUT2D eigenvalue weighted by molar-refractivity contribution is 5.85. The molecule has 1 saturated carbocycles. The van der Waals surface area contributed by atoms with Crippen LogP contribution in [0.3, 0.4) is 0 Å². The Morgan fingerprint density at radius 3 is 2.71 bits per heavy atom. The van der Waals surface area contributed by atoms with Crippen LogP contribution in [-0.2, 0) is 19.6 Å². The van der Waals surface area contributed by atoms with Gasteiger partial charge < -0.3 is 9.47 Å². The van der Waals surface area contributed by atoms with E-state index in [1.54, 1.807) is 0 Å². The Bertz CT molecular complexity index is 1110. The van der Waals surface area contributed by atoms with E-state index >= 15 is 0 Å². The monoisotopic (exact) mass is 435 g/mol. The second-order valence-corrected chi connectivity index (χ2v) is 9.12. The second-order valence-electron chi connectivity index (χ2n) is 9.12. The summed E-state index contributed by atoms with van der Waals surface area (Å²) in [6.07, 6.45) is 3.75. The number of anilines is 1. The van der Waals surface area contributed by atoms with Crippen molar-refractivity contribution in [3.63, 3.8) is 0 Å². The molecule has 6 heteroatoms. The first-order chi connectivity index (χ1) is 14.6. The first-order valence-corrected chi connectivity index (χ1v) is 11.1.